The number of rotatable bonds is 4. The van der Waals surface area contributed by atoms with E-state index < -0.39 is 10.0 Å². The van der Waals surface area contributed by atoms with Gasteiger partial charge in [-0.25, -0.2) is 13.4 Å². The van der Waals surface area contributed by atoms with Gasteiger partial charge in [-0.15, -0.1) is 0 Å². The minimum Gasteiger partial charge on any atom is -0.382 e. The molecule has 1 aromatic heterocycles. The van der Waals surface area contributed by atoms with Crippen LogP contribution in [0.3, 0.4) is 0 Å². The van der Waals surface area contributed by atoms with Crippen LogP contribution >= 0.6 is 11.6 Å². The Balaban J connectivity index is 2.23. The van der Waals surface area contributed by atoms with Gasteiger partial charge in [0.05, 0.1) is 11.1 Å². The Hall–Kier alpha value is -0.890. The number of nitrogens with two attached hydrogens (primary N) is 1. The van der Waals surface area contributed by atoms with E-state index in [0.717, 1.165) is 12.8 Å². The van der Waals surface area contributed by atoms with Crippen LogP contribution in [0.5, 0.6) is 0 Å². The molecule has 1 atom stereocenters. The Morgan fingerprint density at radius 1 is 1.60 bits per heavy atom. The van der Waals surface area contributed by atoms with Gasteiger partial charge >= 0.3 is 0 Å². The number of hydrogen-bond donors (Lipinski definition) is 1. The zero-order valence-corrected chi connectivity index (χ0v) is 12.8. The number of nitrogens with zero attached hydrogens (tertiary/aromatic N) is 2. The van der Waals surface area contributed by atoms with Crippen molar-refractivity contribution in [3.05, 3.63) is 17.3 Å². The number of sulfonamides is 1. The highest BCUT2D eigenvalue weighted by atomic mass is 35.5. The molecule has 0 aromatic carbocycles. The fourth-order valence-electron chi connectivity index (χ4n) is 2.22. The number of pyridine rings is 1. The quantitative estimate of drug-likeness (QED) is 0.909. The zero-order valence-electron chi connectivity index (χ0n) is 11.3. The lowest BCUT2D eigenvalue weighted by Crippen LogP contribution is -2.43. The average Bonchev–Trinajstić information content (AvgIpc) is 2.42. The van der Waals surface area contributed by atoms with Gasteiger partial charge in [-0.1, -0.05) is 11.6 Å². The summed E-state index contributed by atoms with van der Waals surface area (Å²) in [6.07, 6.45) is 2.84. The molecule has 1 aliphatic rings. The first-order valence-corrected chi connectivity index (χ1v) is 8.29. The first-order chi connectivity index (χ1) is 9.45. The second-order valence-corrected chi connectivity index (χ2v) is 6.97. The molecule has 1 aromatic rings. The van der Waals surface area contributed by atoms with Crippen LogP contribution in [0, 0.1) is 0 Å². The highest BCUT2D eigenvalue weighted by Crippen LogP contribution is 2.25. The fourth-order valence-corrected chi connectivity index (χ4v) is 3.93. The topological polar surface area (TPSA) is 85.5 Å². The summed E-state index contributed by atoms with van der Waals surface area (Å²) in [7, 11) is -3.60. The maximum absolute atomic E-state index is 12.5. The SMILES string of the molecule is CCOC1CCCN(S(=O)(=O)c2cnc(N)c(Cl)c2)C1. The van der Waals surface area contributed by atoms with Crippen molar-refractivity contribution in [2.45, 2.75) is 30.8 Å². The van der Waals surface area contributed by atoms with Crippen molar-refractivity contribution in [3.63, 3.8) is 0 Å². The highest BCUT2D eigenvalue weighted by molar-refractivity contribution is 7.89. The summed E-state index contributed by atoms with van der Waals surface area (Å²) in [4.78, 5) is 3.87. The summed E-state index contributed by atoms with van der Waals surface area (Å²) in [5.41, 5.74) is 5.50. The van der Waals surface area contributed by atoms with Crippen molar-refractivity contribution in [1.29, 1.82) is 0 Å². The molecule has 1 aliphatic heterocycles. The van der Waals surface area contributed by atoms with Gasteiger partial charge in [-0.3, -0.25) is 0 Å². The molecule has 0 saturated carbocycles. The average molecular weight is 320 g/mol. The van der Waals surface area contributed by atoms with E-state index in [9.17, 15) is 8.42 Å². The van der Waals surface area contributed by atoms with Crippen LogP contribution in [0.1, 0.15) is 19.8 Å². The predicted molar refractivity (Wildman–Crippen MR) is 77.1 cm³/mol. The Morgan fingerprint density at radius 3 is 3.00 bits per heavy atom. The highest BCUT2D eigenvalue weighted by Gasteiger charge is 2.31. The van der Waals surface area contributed by atoms with Crippen LogP contribution in [0.15, 0.2) is 17.2 Å². The number of nitrogen functional groups attached to an aromatic ring is 1. The molecule has 112 valence electrons. The van der Waals surface area contributed by atoms with Gasteiger partial charge in [0.25, 0.3) is 0 Å². The second-order valence-electron chi connectivity index (χ2n) is 4.62. The minimum absolute atomic E-state index is 0.0549. The Kier molecular flexibility index (Phi) is 4.85. The third kappa shape index (κ3) is 3.22. The summed E-state index contributed by atoms with van der Waals surface area (Å²) in [6.45, 7) is 3.32. The smallest absolute Gasteiger partial charge is 0.244 e. The summed E-state index contributed by atoms with van der Waals surface area (Å²) < 4.78 is 32.0. The molecular formula is C12H18ClN3O3S. The van der Waals surface area contributed by atoms with Crippen LogP contribution in [-0.4, -0.2) is 43.5 Å². The molecule has 0 aliphatic carbocycles. The molecule has 0 bridgehead atoms. The van der Waals surface area contributed by atoms with Gasteiger partial charge in [0.15, 0.2) is 0 Å². The molecule has 2 heterocycles. The lowest BCUT2D eigenvalue weighted by Gasteiger charge is -2.31. The van der Waals surface area contributed by atoms with Crippen LogP contribution in [0.2, 0.25) is 5.02 Å². The van der Waals surface area contributed by atoms with Gasteiger partial charge in [0, 0.05) is 25.9 Å². The lowest BCUT2D eigenvalue weighted by atomic mass is 10.1. The van der Waals surface area contributed by atoms with Crippen molar-refractivity contribution in [3.8, 4) is 0 Å². The number of ether oxygens (including phenoxy) is 1. The molecule has 1 saturated heterocycles. The maximum atomic E-state index is 12.5. The van der Waals surface area contributed by atoms with E-state index in [1.807, 2.05) is 6.92 Å². The summed E-state index contributed by atoms with van der Waals surface area (Å²) in [5, 5.41) is 0.143. The van der Waals surface area contributed by atoms with Crippen molar-refractivity contribution < 1.29 is 13.2 Å². The third-order valence-electron chi connectivity index (χ3n) is 3.23. The fraction of sp³-hybridized carbons (Fsp3) is 0.583. The molecule has 8 heteroatoms. The van der Waals surface area contributed by atoms with E-state index in [1.54, 1.807) is 0 Å². The molecular weight excluding hydrogens is 302 g/mol. The van der Waals surface area contributed by atoms with Gasteiger partial charge in [0.2, 0.25) is 10.0 Å². The predicted octanol–water partition coefficient (Wildman–Crippen LogP) is 1.51. The largest absolute Gasteiger partial charge is 0.382 e. The number of anilines is 1. The number of aromatic nitrogens is 1. The van der Waals surface area contributed by atoms with Gasteiger partial charge < -0.3 is 10.5 Å². The second kappa shape index (κ2) is 6.26. The Bertz CT molecular complexity index is 577. The van der Waals surface area contributed by atoms with Crippen LogP contribution in [-0.2, 0) is 14.8 Å². The Labute approximate surface area is 123 Å². The molecule has 2 rings (SSSR count). The summed E-state index contributed by atoms with van der Waals surface area (Å²) in [5.74, 6) is 0.122. The van der Waals surface area contributed by atoms with E-state index in [4.69, 9.17) is 22.1 Å². The van der Waals surface area contributed by atoms with E-state index in [0.29, 0.717) is 19.7 Å². The van der Waals surface area contributed by atoms with Gasteiger partial charge in [0.1, 0.15) is 10.7 Å². The van der Waals surface area contributed by atoms with Crippen LogP contribution < -0.4 is 5.73 Å². The van der Waals surface area contributed by atoms with Gasteiger partial charge in [-0.05, 0) is 25.8 Å². The van der Waals surface area contributed by atoms with Crippen molar-refractivity contribution in [2.24, 2.45) is 0 Å². The summed E-state index contributed by atoms with van der Waals surface area (Å²) >= 11 is 5.84. The summed E-state index contributed by atoms with van der Waals surface area (Å²) in [6, 6.07) is 1.34. The van der Waals surface area contributed by atoms with Crippen LogP contribution in [0.25, 0.3) is 0 Å². The zero-order chi connectivity index (χ0) is 14.8. The lowest BCUT2D eigenvalue weighted by molar-refractivity contribution is 0.0265. The number of piperidine rings is 1. The first kappa shape index (κ1) is 15.5. The number of halogens is 1. The molecule has 0 radical (unpaired) electrons. The monoisotopic (exact) mass is 319 g/mol. The van der Waals surface area contributed by atoms with Crippen LogP contribution in [0.4, 0.5) is 5.82 Å². The van der Waals surface area contributed by atoms with Crippen molar-refractivity contribution in [2.75, 3.05) is 25.4 Å². The van der Waals surface area contributed by atoms with E-state index >= 15 is 0 Å². The van der Waals surface area contributed by atoms with Crippen molar-refractivity contribution >= 4 is 27.4 Å². The third-order valence-corrected chi connectivity index (χ3v) is 5.36. The maximum Gasteiger partial charge on any atom is 0.244 e. The molecule has 2 N–H and O–H groups in total. The molecule has 20 heavy (non-hydrogen) atoms. The molecule has 1 unspecified atom stereocenters. The minimum atomic E-state index is -3.60. The molecule has 1 fully saturated rings. The number of hydrogen-bond acceptors (Lipinski definition) is 5. The Morgan fingerprint density at radius 2 is 2.35 bits per heavy atom. The molecule has 0 spiro atoms. The first-order valence-electron chi connectivity index (χ1n) is 6.48. The normalized spacial score (nSPS) is 21.0. The van der Waals surface area contributed by atoms with E-state index in [1.165, 1.54) is 16.6 Å². The van der Waals surface area contributed by atoms with E-state index in [-0.39, 0.29) is 21.8 Å². The standard InChI is InChI=1S/C12H18ClN3O3S/c1-2-19-9-4-3-5-16(8-9)20(17,18)10-6-11(13)12(14)15-7-10/h6-7,9H,2-5,8H2,1H3,(H2,14,15). The van der Waals surface area contributed by atoms with Gasteiger partial charge in [-0.2, -0.15) is 4.31 Å². The van der Waals surface area contributed by atoms with Crippen molar-refractivity contribution in [1.82, 2.24) is 9.29 Å². The molecule has 0 amide bonds. The molecule has 6 nitrogen and oxygen atoms in total. The van der Waals surface area contributed by atoms with E-state index in [2.05, 4.69) is 4.98 Å².